The fraction of sp³-hybridized carbons (Fsp3) is 0.300. The third kappa shape index (κ3) is 5.36. The molecule has 1 saturated heterocycles. The minimum Gasteiger partial charge on any atom is -0.351 e. The van der Waals surface area contributed by atoms with Crippen molar-refractivity contribution in [1.82, 2.24) is 15.1 Å². The fourth-order valence-corrected chi connectivity index (χ4v) is 4.29. The van der Waals surface area contributed by atoms with E-state index in [1.807, 2.05) is 0 Å². The van der Waals surface area contributed by atoms with Crippen molar-refractivity contribution in [3.05, 3.63) is 67.6 Å². The molecule has 0 radical (unpaired) electrons. The molecule has 1 aliphatic rings. The molecule has 0 spiro atoms. The maximum absolute atomic E-state index is 12.7. The Kier molecular flexibility index (Phi) is 7.66. The van der Waals surface area contributed by atoms with Gasteiger partial charge in [-0.15, -0.1) is 0 Å². The van der Waals surface area contributed by atoms with Gasteiger partial charge in [0, 0.05) is 39.3 Å². The van der Waals surface area contributed by atoms with Crippen molar-refractivity contribution in [1.29, 1.82) is 0 Å². The fourth-order valence-electron chi connectivity index (χ4n) is 3.17. The lowest BCUT2D eigenvalue weighted by molar-refractivity contribution is 0.0638. The number of carbonyl (C=O) groups is 2. The van der Waals surface area contributed by atoms with Crippen LogP contribution in [0.3, 0.4) is 0 Å². The Morgan fingerprint density at radius 1 is 0.793 bits per heavy atom. The number of benzene rings is 2. The molecule has 1 N–H and O–H groups in total. The van der Waals surface area contributed by atoms with Crippen molar-refractivity contribution in [2.24, 2.45) is 0 Å². The molecule has 0 bridgehead atoms. The van der Waals surface area contributed by atoms with Gasteiger partial charge in [-0.05, 0) is 24.3 Å². The van der Waals surface area contributed by atoms with E-state index in [1.165, 1.54) is 0 Å². The predicted molar refractivity (Wildman–Crippen MR) is 118 cm³/mol. The van der Waals surface area contributed by atoms with E-state index in [2.05, 4.69) is 10.2 Å². The SMILES string of the molecule is O=C(NCCN1CCN(C(=O)c2c(Cl)cccc2Cl)CC1)c1c(Cl)cccc1Cl. The van der Waals surface area contributed by atoms with Gasteiger partial charge in [0.05, 0.1) is 31.2 Å². The van der Waals surface area contributed by atoms with Gasteiger partial charge in [-0.25, -0.2) is 0 Å². The summed E-state index contributed by atoms with van der Waals surface area (Å²) in [4.78, 5) is 29.0. The average Bonchev–Trinajstić information content (AvgIpc) is 2.68. The Morgan fingerprint density at radius 2 is 1.28 bits per heavy atom. The van der Waals surface area contributed by atoms with Gasteiger partial charge in [-0.3, -0.25) is 14.5 Å². The van der Waals surface area contributed by atoms with Crippen LogP contribution in [0.15, 0.2) is 36.4 Å². The van der Waals surface area contributed by atoms with Gasteiger partial charge in [0.1, 0.15) is 0 Å². The maximum Gasteiger partial charge on any atom is 0.256 e. The van der Waals surface area contributed by atoms with Crippen molar-refractivity contribution in [2.45, 2.75) is 0 Å². The van der Waals surface area contributed by atoms with Gasteiger partial charge >= 0.3 is 0 Å². The third-order valence-electron chi connectivity index (χ3n) is 4.74. The van der Waals surface area contributed by atoms with Gasteiger partial charge in [-0.2, -0.15) is 0 Å². The lowest BCUT2D eigenvalue weighted by Crippen LogP contribution is -2.50. The van der Waals surface area contributed by atoms with Gasteiger partial charge in [-0.1, -0.05) is 58.5 Å². The molecule has 3 rings (SSSR count). The van der Waals surface area contributed by atoms with Crippen molar-refractivity contribution >= 4 is 58.2 Å². The van der Waals surface area contributed by atoms with Crippen LogP contribution in [0.25, 0.3) is 0 Å². The van der Waals surface area contributed by atoms with Crippen molar-refractivity contribution in [2.75, 3.05) is 39.3 Å². The molecule has 1 heterocycles. The minimum absolute atomic E-state index is 0.165. The van der Waals surface area contributed by atoms with E-state index < -0.39 is 0 Å². The molecule has 0 atom stereocenters. The number of hydrogen-bond donors (Lipinski definition) is 1. The standard InChI is InChI=1S/C20H19Cl4N3O2/c21-13-3-1-4-14(22)17(13)19(28)25-7-8-26-9-11-27(12-10-26)20(29)18-15(23)5-2-6-16(18)24/h1-6H,7-12H2,(H,25,28). The number of hydrogen-bond acceptors (Lipinski definition) is 3. The first-order chi connectivity index (χ1) is 13.9. The van der Waals surface area contributed by atoms with Gasteiger partial charge in [0.2, 0.25) is 0 Å². The Hall–Kier alpha value is -1.50. The van der Waals surface area contributed by atoms with Crippen LogP contribution in [0.2, 0.25) is 20.1 Å². The summed E-state index contributed by atoms with van der Waals surface area (Å²) in [5, 5.41) is 4.18. The zero-order valence-electron chi connectivity index (χ0n) is 15.4. The summed E-state index contributed by atoms with van der Waals surface area (Å²) in [6.07, 6.45) is 0. The van der Waals surface area contributed by atoms with Crippen LogP contribution < -0.4 is 5.32 Å². The number of nitrogens with one attached hydrogen (secondary N) is 1. The molecule has 0 aliphatic carbocycles. The second kappa shape index (κ2) is 10.0. The molecule has 9 heteroatoms. The Bertz CT molecular complexity index is 871. The van der Waals surface area contributed by atoms with Crippen LogP contribution in [0.1, 0.15) is 20.7 Å². The molecule has 29 heavy (non-hydrogen) atoms. The molecule has 1 aliphatic heterocycles. The van der Waals surface area contributed by atoms with Gasteiger partial charge < -0.3 is 10.2 Å². The predicted octanol–water partition coefficient (Wildman–Crippen LogP) is 4.49. The summed E-state index contributed by atoms with van der Waals surface area (Å²) in [6.45, 7) is 3.61. The molecule has 2 aromatic carbocycles. The molecule has 0 aromatic heterocycles. The highest BCUT2D eigenvalue weighted by Crippen LogP contribution is 2.26. The first-order valence-corrected chi connectivity index (χ1v) is 10.6. The van der Waals surface area contributed by atoms with Crippen molar-refractivity contribution < 1.29 is 9.59 Å². The number of nitrogens with zero attached hydrogens (tertiary/aromatic N) is 2. The molecule has 2 amide bonds. The summed E-state index contributed by atoms with van der Waals surface area (Å²) in [6, 6.07) is 9.98. The zero-order chi connectivity index (χ0) is 21.0. The first kappa shape index (κ1) is 22.2. The van der Waals surface area contributed by atoms with Crippen LogP contribution in [0.5, 0.6) is 0 Å². The number of halogens is 4. The Balaban J connectivity index is 1.48. The van der Waals surface area contributed by atoms with Crippen LogP contribution in [-0.4, -0.2) is 60.9 Å². The topological polar surface area (TPSA) is 52.7 Å². The largest absolute Gasteiger partial charge is 0.351 e. The average molecular weight is 475 g/mol. The molecule has 2 aromatic rings. The molecule has 0 unspecified atom stereocenters. The number of piperazine rings is 1. The molecule has 154 valence electrons. The summed E-state index contributed by atoms with van der Waals surface area (Å²) in [7, 11) is 0. The molecular formula is C20H19Cl4N3O2. The summed E-state index contributed by atoms with van der Waals surface area (Å²) in [5.74, 6) is -0.468. The maximum atomic E-state index is 12.7. The highest BCUT2D eigenvalue weighted by atomic mass is 35.5. The van der Waals surface area contributed by atoms with Gasteiger partial charge in [0.25, 0.3) is 11.8 Å². The number of carbonyl (C=O) groups excluding carboxylic acids is 2. The summed E-state index contributed by atoms with van der Waals surface area (Å²) < 4.78 is 0. The normalized spacial score (nSPS) is 14.7. The van der Waals surface area contributed by atoms with Crippen molar-refractivity contribution in [3.8, 4) is 0 Å². The lowest BCUT2D eigenvalue weighted by Gasteiger charge is -2.35. The number of amides is 2. The van der Waals surface area contributed by atoms with E-state index in [9.17, 15) is 9.59 Å². The smallest absolute Gasteiger partial charge is 0.256 e. The van der Waals surface area contributed by atoms with E-state index in [0.29, 0.717) is 64.9 Å². The molecule has 1 fully saturated rings. The quantitative estimate of drug-likeness (QED) is 0.694. The first-order valence-electron chi connectivity index (χ1n) is 9.06. The molecular weight excluding hydrogens is 456 g/mol. The number of rotatable bonds is 5. The second-order valence-corrected chi connectivity index (χ2v) is 8.21. The lowest BCUT2D eigenvalue weighted by atomic mass is 10.1. The third-order valence-corrected chi connectivity index (χ3v) is 6.00. The van der Waals surface area contributed by atoms with Gasteiger partial charge in [0.15, 0.2) is 0 Å². The van der Waals surface area contributed by atoms with Crippen molar-refractivity contribution in [3.63, 3.8) is 0 Å². The Morgan fingerprint density at radius 3 is 1.79 bits per heavy atom. The van der Waals surface area contributed by atoms with E-state index in [4.69, 9.17) is 46.4 Å². The zero-order valence-corrected chi connectivity index (χ0v) is 18.5. The Labute approximate surface area is 189 Å². The van der Waals surface area contributed by atoms with Crippen LogP contribution in [-0.2, 0) is 0 Å². The van der Waals surface area contributed by atoms with E-state index in [1.54, 1.807) is 41.3 Å². The van der Waals surface area contributed by atoms with Crippen LogP contribution in [0, 0.1) is 0 Å². The van der Waals surface area contributed by atoms with E-state index >= 15 is 0 Å². The monoisotopic (exact) mass is 473 g/mol. The summed E-state index contributed by atoms with van der Waals surface area (Å²) in [5.41, 5.74) is 0.621. The molecule has 0 saturated carbocycles. The summed E-state index contributed by atoms with van der Waals surface area (Å²) >= 11 is 24.4. The molecule has 5 nitrogen and oxygen atoms in total. The van der Waals surface area contributed by atoms with E-state index in [0.717, 1.165) is 0 Å². The van der Waals surface area contributed by atoms with E-state index in [-0.39, 0.29) is 17.4 Å². The second-order valence-electron chi connectivity index (χ2n) is 6.58. The highest BCUT2D eigenvalue weighted by molar-refractivity contribution is 6.40. The minimum atomic E-state index is -0.303. The van der Waals surface area contributed by atoms with Crippen LogP contribution in [0.4, 0.5) is 0 Å². The van der Waals surface area contributed by atoms with Crippen LogP contribution >= 0.6 is 46.4 Å². The highest BCUT2D eigenvalue weighted by Gasteiger charge is 2.25.